The molecule has 3 N–H and O–H groups in total. The highest BCUT2D eigenvalue weighted by atomic mass is 79.9. The highest BCUT2D eigenvalue weighted by Crippen LogP contribution is 2.18. The summed E-state index contributed by atoms with van der Waals surface area (Å²) >= 11 is 3.02. The smallest absolute Gasteiger partial charge is 0.137 e. The van der Waals surface area contributed by atoms with Crippen molar-refractivity contribution in [2.45, 2.75) is 0 Å². The molecule has 1 rings (SSSR count). The molecule has 0 aliphatic rings. The summed E-state index contributed by atoms with van der Waals surface area (Å²) in [6.45, 7) is 0. The number of halogens is 2. The average molecular weight is 205 g/mol. The quantitative estimate of drug-likeness (QED) is 0.542. The van der Waals surface area contributed by atoms with Crippen LogP contribution < -0.4 is 11.3 Å². The van der Waals surface area contributed by atoms with Crippen LogP contribution in [0.2, 0.25) is 0 Å². The number of hydrogen-bond acceptors (Lipinski definition) is 2. The second-order valence-corrected chi connectivity index (χ2v) is 2.63. The van der Waals surface area contributed by atoms with Crippen molar-refractivity contribution in [3.8, 4) is 0 Å². The molecule has 0 heterocycles. The third-order valence-corrected chi connectivity index (χ3v) is 1.69. The molecule has 0 aliphatic heterocycles. The van der Waals surface area contributed by atoms with Crippen molar-refractivity contribution in [1.82, 2.24) is 0 Å². The van der Waals surface area contributed by atoms with Crippen molar-refractivity contribution < 1.29 is 4.39 Å². The molecule has 2 nitrogen and oxygen atoms in total. The molecule has 10 heavy (non-hydrogen) atoms. The number of benzene rings is 1. The average Bonchev–Trinajstić information content (AvgIpc) is 1.95. The summed E-state index contributed by atoms with van der Waals surface area (Å²) in [6, 6.07) is 4.45. The van der Waals surface area contributed by atoms with E-state index in [1.54, 1.807) is 12.1 Å². The van der Waals surface area contributed by atoms with Crippen LogP contribution in [0.3, 0.4) is 0 Å². The first-order valence-electron chi connectivity index (χ1n) is 2.65. The van der Waals surface area contributed by atoms with E-state index in [4.69, 9.17) is 5.84 Å². The lowest BCUT2D eigenvalue weighted by molar-refractivity contribution is 0.621. The molecule has 1 aromatic rings. The first kappa shape index (κ1) is 7.50. The number of nitrogens with two attached hydrogens (primary N) is 1. The predicted octanol–water partition coefficient (Wildman–Crippen LogP) is 1.87. The zero-order chi connectivity index (χ0) is 7.56. The van der Waals surface area contributed by atoms with Crippen LogP contribution in [-0.4, -0.2) is 0 Å². The molecule has 0 fully saturated rings. The molecular formula is C6H6BrFN2. The van der Waals surface area contributed by atoms with Crippen molar-refractivity contribution in [3.05, 3.63) is 28.5 Å². The Morgan fingerprint density at radius 1 is 1.50 bits per heavy atom. The van der Waals surface area contributed by atoms with Crippen LogP contribution in [0, 0.1) is 5.82 Å². The molecule has 0 atom stereocenters. The molecule has 0 spiro atoms. The summed E-state index contributed by atoms with van der Waals surface area (Å²) in [5, 5.41) is 0. The normalized spacial score (nSPS) is 9.50. The Balaban J connectivity index is 3.04. The minimum Gasteiger partial charge on any atom is -0.324 e. The largest absolute Gasteiger partial charge is 0.324 e. The van der Waals surface area contributed by atoms with Gasteiger partial charge in [-0.15, -0.1) is 0 Å². The third kappa shape index (κ3) is 1.46. The van der Waals surface area contributed by atoms with E-state index in [2.05, 4.69) is 21.4 Å². The molecule has 0 saturated carbocycles. The molecule has 0 amide bonds. The Morgan fingerprint density at radius 3 is 2.70 bits per heavy atom. The number of nitrogens with one attached hydrogen (secondary N) is 1. The second-order valence-electron chi connectivity index (χ2n) is 1.77. The van der Waals surface area contributed by atoms with Gasteiger partial charge >= 0.3 is 0 Å². The summed E-state index contributed by atoms with van der Waals surface area (Å²) in [4.78, 5) is 0. The van der Waals surface area contributed by atoms with E-state index >= 15 is 0 Å². The fourth-order valence-corrected chi connectivity index (χ4v) is 0.965. The maximum Gasteiger partial charge on any atom is 0.137 e. The molecule has 1 aromatic carbocycles. The van der Waals surface area contributed by atoms with Crippen LogP contribution in [0.5, 0.6) is 0 Å². The van der Waals surface area contributed by atoms with Crippen molar-refractivity contribution in [1.29, 1.82) is 0 Å². The number of rotatable bonds is 1. The highest BCUT2D eigenvalue weighted by molar-refractivity contribution is 9.10. The van der Waals surface area contributed by atoms with E-state index in [0.29, 0.717) is 10.2 Å². The van der Waals surface area contributed by atoms with E-state index in [1.807, 2.05) is 0 Å². The zero-order valence-corrected chi connectivity index (χ0v) is 6.65. The Kier molecular flexibility index (Phi) is 2.24. The van der Waals surface area contributed by atoms with Gasteiger partial charge in [0, 0.05) is 5.69 Å². The van der Waals surface area contributed by atoms with Gasteiger partial charge in [-0.05, 0) is 34.1 Å². The topological polar surface area (TPSA) is 38.0 Å². The van der Waals surface area contributed by atoms with Gasteiger partial charge in [0.1, 0.15) is 5.82 Å². The Labute approximate surface area is 66.3 Å². The summed E-state index contributed by atoms with van der Waals surface area (Å²) < 4.78 is 12.9. The SMILES string of the molecule is NNc1ccc(F)c(Br)c1. The predicted molar refractivity (Wildman–Crippen MR) is 41.9 cm³/mol. The van der Waals surface area contributed by atoms with Crippen molar-refractivity contribution >= 4 is 21.6 Å². The molecule has 0 aromatic heterocycles. The Hall–Kier alpha value is -0.610. The molecule has 0 aliphatic carbocycles. The molecule has 0 radical (unpaired) electrons. The minimum absolute atomic E-state index is 0.293. The van der Waals surface area contributed by atoms with E-state index < -0.39 is 0 Å². The minimum atomic E-state index is -0.293. The third-order valence-electron chi connectivity index (χ3n) is 1.09. The van der Waals surface area contributed by atoms with Crippen LogP contribution in [-0.2, 0) is 0 Å². The van der Waals surface area contributed by atoms with Gasteiger partial charge in [-0.25, -0.2) is 4.39 Å². The molecule has 0 saturated heterocycles. The molecular weight excluding hydrogens is 199 g/mol. The first-order chi connectivity index (χ1) is 4.74. The van der Waals surface area contributed by atoms with Crippen LogP contribution in [0.4, 0.5) is 10.1 Å². The first-order valence-corrected chi connectivity index (χ1v) is 3.45. The molecule has 54 valence electrons. The van der Waals surface area contributed by atoms with Gasteiger partial charge in [0.05, 0.1) is 4.47 Å². The number of anilines is 1. The van der Waals surface area contributed by atoms with Crippen molar-refractivity contribution in [2.75, 3.05) is 5.43 Å². The van der Waals surface area contributed by atoms with Crippen LogP contribution in [0.1, 0.15) is 0 Å². The maximum atomic E-state index is 12.5. The van der Waals surface area contributed by atoms with E-state index in [0.717, 1.165) is 0 Å². The van der Waals surface area contributed by atoms with Gasteiger partial charge in [-0.3, -0.25) is 5.84 Å². The van der Waals surface area contributed by atoms with Gasteiger partial charge in [-0.2, -0.15) is 0 Å². The summed E-state index contributed by atoms with van der Waals surface area (Å²) in [5.74, 6) is 4.78. The number of hydrogen-bond donors (Lipinski definition) is 2. The monoisotopic (exact) mass is 204 g/mol. The number of nitrogen functional groups attached to an aromatic ring is 1. The lowest BCUT2D eigenvalue weighted by atomic mass is 10.3. The molecule has 4 heteroatoms. The lowest BCUT2D eigenvalue weighted by Crippen LogP contribution is -2.06. The Bertz CT molecular complexity index is 239. The summed E-state index contributed by atoms with van der Waals surface area (Å²) in [6.07, 6.45) is 0. The second kappa shape index (κ2) is 2.98. The number of hydrazine groups is 1. The standard InChI is InChI=1S/C6H6BrFN2/c7-5-3-4(10-9)1-2-6(5)8/h1-3,10H,9H2. The lowest BCUT2D eigenvalue weighted by Gasteiger charge is -1.99. The fourth-order valence-electron chi connectivity index (χ4n) is 0.586. The van der Waals surface area contributed by atoms with Gasteiger partial charge in [0.25, 0.3) is 0 Å². The zero-order valence-electron chi connectivity index (χ0n) is 5.07. The van der Waals surface area contributed by atoms with E-state index in [-0.39, 0.29) is 5.82 Å². The summed E-state index contributed by atoms with van der Waals surface area (Å²) in [5.41, 5.74) is 3.07. The van der Waals surface area contributed by atoms with Crippen LogP contribution in [0.15, 0.2) is 22.7 Å². The van der Waals surface area contributed by atoms with Crippen molar-refractivity contribution in [3.63, 3.8) is 0 Å². The maximum absolute atomic E-state index is 12.5. The Morgan fingerprint density at radius 2 is 2.20 bits per heavy atom. The van der Waals surface area contributed by atoms with Gasteiger partial charge in [0.15, 0.2) is 0 Å². The fraction of sp³-hybridized carbons (Fsp3) is 0. The van der Waals surface area contributed by atoms with Crippen LogP contribution >= 0.6 is 15.9 Å². The van der Waals surface area contributed by atoms with E-state index in [9.17, 15) is 4.39 Å². The molecule has 0 unspecified atom stereocenters. The van der Waals surface area contributed by atoms with E-state index in [1.165, 1.54) is 6.07 Å². The van der Waals surface area contributed by atoms with Gasteiger partial charge < -0.3 is 5.43 Å². The van der Waals surface area contributed by atoms with Crippen LogP contribution in [0.25, 0.3) is 0 Å². The molecule has 0 bridgehead atoms. The van der Waals surface area contributed by atoms with Crippen molar-refractivity contribution in [2.24, 2.45) is 5.84 Å². The summed E-state index contributed by atoms with van der Waals surface area (Å²) in [7, 11) is 0. The van der Waals surface area contributed by atoms with Gasteiger partial charge in [0.2, 0.25) is 0 Å². The highest BCUT2D eigenvalue weighted by Gasteiger charge is 1.97. The van der Waals surface area contributed by atoms with Gasteiger partial charge in [-0.1, -0.05) is 0 Å².